The second-order valence-electron chi connectivity index (χ2n) is 6.80. The number of benzene rings is 1. The van der Waals surface area contributed by atoms with Gasteiger partial charge in [0.2, 0.25) is 15.0 Å². The van der Waals surface area contributed by atoms with Gasteiger partial charge >= 0.3 is 5.51 Å². The van der Waals surface area contributed by atoms with Gasteiger partial charge in [0.15, 0.2) is 5.78 Å². The summed E-state index contributed by atoms with van der Waals surface area (Å²) in [6, 6.07) is 6.65. The molecule has 11 heteroatoms. The smallest absolute Gasteiger partial charge is 0.297 e. The normalized spacial score (nSPS) is 13.5. The van der Waals surface area contributed by atoms with Gasteiger partial charge in [-0.1, -0.05) is 26.0 Å². The molecule has 1 aromatic carbocycles. The lowest BCUT2D eigenvalue weighted by Crippen LogP contribution is -2.20. The van der Waals surface area contributed by atoms with Crippen LogP contribution in [-0.4, -0.2) is 35.9 Å². The van der Waals surface area contributed by atoms with Crippen molar-refractivity contribution >= 4 is 27.4 Å². The molecule has 0 aliphatic heterocycles. The van der Waals surface area contributed by atoms with Crippen LogP contribution in [0.4, 0.5) is 13.2 Å². The number of ketones is 1. The maximum Gasteiger partial charge on any atom is 0.446 e. The maximum absolute atomic E-state index is 12.7. The highest BCUT2D eigenvalue weighted by atomic mass is 32.2. The molecular weight excluding hydrogens is 429 g/mol. The maximum atomic E-state index is 12.7. The van der Waals surface area contributed by atoms with E-state index in [1.54, 1.807) is 0 Å². The standard InChI is InChI=1S/C18H19F3N2O4S2/c1-10(2)13(11-4-6-12(7-5-11)28-18(19,20)21)8-15(24)14-9-16(25)23-17(22-14)29(3,26)27/h4-7,9-10,13H,8H2,1-3H3,(H,22,23,25)/t13-/m1/s1. The molecule has 0 bridgehead atoms. The van der Waals surface area contributed by atoms with E-state index < -0.39 is 31.8 Å². The van der Waals surface area contributed by atoms with Crippen LogP contribution in [0.1, 0.15) is 42.2 Å². The molecule has 0 saturated heterocycles. The number of hydrogen-bond acceptors (Lipinski definition) is 6. The predicted molar refractivity (Wildman–Crippen MR) is 103 cm³/mol. The summed E-state index contributed by atoms with van der Waals surface area (Å²) < 4.78 is 60.7. The van der Waals surface area contributed by atoms with Crippen molar-refractivity contribution < 1.29 is 26.4 Å². The first-order chi connectivity index (χ1) is 13.3. The van der Waals surface area contributed by atoms with E-state index >= 15 is 0 Å². The average Bonchev–Trinajstić information content (AvgIpc) is 2.57. The predicted octanol–water partition coefficient (Wildman–Crippen LogP) is 3.80. The number of rotatable bonds is 7. The van der Waals surface area contributed by atoms with Crippen molar-refractivity contribution in [3.63, 3.8) is 0 Å². The number of H-pyrrole nitrogens is 1. The Hall–Kier alpha value is -2.14. The molecule has 1 aromatic heterocycles. The topological polar surface area (TPSA) is 97.0 Å². The van der Waals surface area contributed by atoms with Crippen LogP contribution in [0.2, 0.25) is 0 Å². The Morgan fingerprint density at radius 2 is 1.79 bits per heavy atom. The minimum absolute atomic E-state index is 0.0316. The monoisotopic (exact) mass is 448 g/mol. The Kier molecular flexibility index (Phi) is 6.94. The molecule has 2 rings (SSSR count). The molecule has 0 spiro atoms. The zero-order chi connectivity index (χ0) is 22.0. The number of hydrogen-bond donors (Lipinski definition) is 1. The van der Waals surface area contributed by atoms with E-state index in [0.29, 0.717) is 5.56 Å². The van der Waals surface area contributed by atoms with Crippen molar-refractivity contribution in [2.24, 2.45) is 5.92 Å². The van der Waals surface area contributed by atoms with Gasteiger partial charge < -0.3 is 0 Å². The number of alkyl halides is 3. The van der Waals surface area contributed by atoms with Crippen LogP contribution in [0, 0.1) is 5.92 Å². The lowest BCUT2D eigenvalue weighted by Gasteiger charge is -2.21. The van der Waals surface area contributed by atoms with Crippen molar-refractivity contribution in [3.05, 3.63) is 51.9 Å². The Bertz CT molecular complexity index is 1050. The number of carbonyl (C=O) groups is 1. The van der Waals surface area contributed by atoms with Crippen molar-refractivity contribution in [3.8, 4) is 0 Å². The van der Waals surface area contributed by atoms with Crippen LogP contribution in [0.5, 0.6) is 0 Å². The molecule has 0 radical (unpaired) electrons. The summed E-state index contributed by atoms with van der Waals surface area (Å²) in [5.41, 5.74) is -4.77. The summed E-state index contributed by atoms with van der Waals surface area (Å²) in [7, 11) is -3.81. The van der Waals surface area contributed by atoms with Crippen LogP contribution >= 0.6 is 11.8 Å². The first-order valence-electron chi connectivity index (χ1n) is 8.46. The second-order valence-corrected chi connectivity index (χ2v) is 9.87. The van der Waals surface area contributed by atoms with Gasteiger partial charge in [-0.05, 0) is 41.3 Å². The molecule has 6 nitrogen and oxygen atoms in total. The number of halogens is 3. The van der Waals surface area contributed by atoms with Crippen molar-refractivity contribution in [2.75, 3.05) is 6.26 Å². The number of sulfone groups is 1. The Morgan fingerprint density at radius 3 is 2.28 bits per heavy atom. The SMILES string of the molecule is CC(C)[C@@H](CC(=O)c1cc(=O)[nH]c(S(C)(=O)=O)n1)c1ccc(SC(F)(F)F)cc1. The Morgan fingerprint density at radius 1 is 1.21 bits per heavy atom. The fraction of sp³-hybridized carbons (Fsp3) is 0.389. The molecule has 0 unspecified atom stereocenters. The minimum Gasteiger partial charge on any atom is -0.297 e. The molecule has 0 aliphatic carbocycles. The van der Waals surface area contributed by atoms with Gasteiger partial charge in [0.25, 0.3) is 5.56 Å². The van der Waals surface area contributed by atoms with Crippen molar-refractivity contribution in [2.45, 2.75) is 41.7 Å². The highest BCUT2D eigenvalue weighted by Crippen LogP contribution is 2.38. The third kappa shape index (κ3) is 6.70. The molecule has 0 saturated carbocycles. The van der Waals surface area contributed by atoms with E-state index in [4.69, 9.17) is 0 Å². The largest absolute Gasteiger partial charge is 0.446 e. The van der Waals surface area contributed by atoms with Gasteiger partial charge in [-0.3, -0.25) is 14.6 Å². The summed E-state index contributed by atoms with van der Waals surface area (Å²) in [5, 5.41) is -0.594. The highest BCUT2D eigenvalue weighted by molar-refractivity contribution is 8.00. The number of thioether (sulfide) groups is 1. The van der Waals surface area contributed by atoms with Gasteiger partial charge in [0.1, 0.15) is 5.69 Å². The zero-order valence-corrected chi connectivity index (χ0v) is 17.4. The van der Waals surface area contributed by atoms with E-state index in [2.05, 4.69) is 9.97 Å². The Labute approximate surface area is 169 Å². The molecule has 0 fully saturated rings. The van der Waals surface area contributed by atoms with E-state index in [1.807, 2.05) is 13.8 Å². The van der Waals surface area contributed by atoms with Crippen LogP contribution in [-0.2, 0) is 9.84 Å². The third-order valence-corrected chi connectivity index (χ3v) is 5.74. The van der Waals surface area contributed by atoms with E-state index in [0.717, 1.165) is 12.3 Å². The van der Waals surface area contributed by atoms with Crippen molar-refractivity contribution in [1.29, 1.82) is 0 Å². The number of nitrogens with zero attached hydrogens (tertiary/aromatic N) is 1. The molecule has 0 amide bonds. The Balaban J connectivity index is 2.28. The third-order valence-electron chi connectivity index (χ3n) is 4.11. The van der Waals surface area contributed by atoms with Gasteiger partial charge in [0.05, 0.1) is 0 Å². The summed E-state index contributed by atoms with van der Waals surface area (Å²) in [5.74, 6) is -0.930. The van der Waals surface area contributed by atoms with Crippen LogP contribution in [0.3, 0.4) is 0 Å². The van der Waals surface area contributed by atoms with Crippen molar-refractivity contribution in [1.82, 2.24) is 9.97 Å². The quantitative estimate of drug-likeness (QED) is 0.393. The molecule has 29 heavy (non-hydrogen) atoms. The molecular formula is C18H19F3N2O4S2. The summed E-state index contributed by atoms with van der Waals surface area (Å²) in [6.07, 6.45) is 0.778. The van der Waals surface area contributed by atoms with Gasteiger partial charge in [-0.25, -0.2) is 13.4 Å². The second kappa shape index (κ2) is 8.70. The van der Waals surface area contributed by atoms with Crippen LogP contribution in [0.25, 0.3) is 0 Å². The summed E-state index contributed by atoms with van der Waals surface area (Å²) in [4.78, 5) is 30.2. The van der Waals surface area contributed by atoms with Crippen LogP contribution < -0.4 is 5.56 Å². The number of aromatic amines is 1. The van der Waals surface area contributed by atoms with Gasteiger partial charge in [0, 0.05) is 23.6 Å². The number of Topliss-reactive ketones (excluding diaryl/α,β-unsaturated/α-hetero) is 1. The number of carbonyl (C=O) groups excluding carboxylic acids is 1. The fourth-order valence-corrected chi connectivity index (χ4v) is 3.80. The van der Waals surface area contributed by atoms with Gasteiger partial charge in [-0.15, -0.1) is 0 Å². The fourth-order valence-electron chi connectivity index (χ4n) is 2.71. The summed E-state index contributed by atoms with van der Waals surface area (Å²) >= 11 is -0.226. The lowest BCUT2D eigenvalue weighted by atomic mass is 9.84. The average molecular weight is 448 g/mol. The lowest BCUT2D eigenvalue weighted by molar-refractivity contribution is -0.0328. The number of aromatic nitrogens is 2. The number of nitrogens with one attached hydrogen (secondary N) is 1. The van der Waals surface area contributed by atoms with E-state index in [-0.39, 0.29) is 40.6 Å². The molecule has 1 heterocycles. The minimum atomic E-state index is -4.39. The molecule has 1 atom stereocenters. The molecule has 0 aliphatic rings. The first kappa shape index (κ1) is 23.1. The van der Waals surface area contributed by atoms with Crippen LogP contribution in [0.15, 0.2) is 45.2 Å². The summed E-state index contributed by atoms with van der Waals surface area (Å²) in [6.45, 7) is 3.70. The molecule has 2 aromatic rings. The molecule has 1 N–H and O–H groups in total. The molecule has 158 valence electrons. The highest BCUT2D eigenvalue weighted by Gasteiger charge is 2.29. The first-order valence-corrected chi connectivity index (χ1v) is 11.2. The van der Waals surface area contributed by atoms with E-state index in [9.17, 15) is 31.2 Å². The van der Waals surface area contributed by atoms with E-state index in [1.165, 1.54) is 24.3 Å². The zero-order valence-electron chi connectivity index (χ0n) is 15.8. The van der Waals surface area contributed by atoms with Gasteiger partial charge in [-0.2, -0.15) is 13.2 Å².